The van der Waals surface area contributed by atoms with Gasteiger partial charge in [-0.1, -0.05) is 190 Å². The van der Waals surface area contributed by atoms with Crippen LogP contribution in [0.4, 0.5) is 0 Å². The van der Waals surface area contributed by atoms with Crippen LogP contribution in [0.5, 0.6) is 11.5 Å². The van der Waals surface area contributed by atoms with Crippen molar-refractivity contribution in [2.24, 2.45) is 0 Å². The molecule has 66 heavy (non-hydrogen) atoms. The second kappa shape index (κ2) is 17.3. The Kier molecular flexibility index (Phi) is 13.7. The molecule has 0 unspecified atom stereocenters. The van der Waals surface area contributed by atoms with E-state index < -0.39 is 16.8 Å². The molecule has 1 aliphatic heterocycles. The van der Waals surface area contributed by atoms with Crippen molar-refractivity contribution in [3.63, 3.8) is 0 Å². The maximum absolute atomic E-state index is 7.67. The summed E-state index contributed by atoms with van der Waals surface area (Å²) in [5, 5.41) is 2.07. The topological polar surface area (TPSA) is 63.2 Å². The van der Waals surface area contributed by atoms with Crippen LogP contribution in [0.15, 0.2) is 56.9 Å². The lowest BCUT2D eigenvalue weighted by atomic mass is 9.75. The largest absolute Gasteiger partial charge is 0.453 e. The fourth-order valence-corrected chi connectivity index (χ4v) is 10.5. The van der Waals surface area contributed by atoms with Crippen molar-refractivity contribution >= 4 is 38.8 Å². The molecule has 0 aliphatic carbocycles. The van der Waals surface area contributed by atoms with E-state index in [0.717, 1.165) is 66.8 Å². The maximum atomic E-state index is 7.67. The minimum atomic E-state index is -2.13. The molecule has 0 bridgehead atoms. The molecule has 5 aromatic rings. The molecule has 0 spiro atoms. The fourth-order valence-electron chi connectivity index (χ4n) is 8.34. The van der Waals surface area contributed by atoms with E-state index in [-0.39, 0.29) is 43.3 Å². The van der Waals surface area contributed by atoms with Crippen molar-refractivity contribution in [3.8, 4) is 22.6 Å². The molecule has 8 heteroatoms. The molecule has 1 fully saturated rings. The molecule has 0 N–H and O–H groups in total. The van der Waals surface area contributed by atoms with Crippen LogP contribution in [0.3, 0.4) is 0 Å². The summed E-state index contributed by atoms with van der Waals surface area (Å²) < 4.78 is 41.8. The average molecular weight is 939 g/mol. The van der Waals surface area contributed by atoms with Crippen LogP contribution in [0.1, 0.15) is 211 Å². The number of hydrogen-bond acceptors (Lipinski definition) is 6. The van der Waals surface area contributed by atoms with Crippen molar-refractivity contribution < 1.29 is 26.5 Å². The van der Waals surface area contributed by atoms with E-state index in [1.54, 1.807) is 0 Å². The molecule has 1 aromatic heterocycles. The summed E-state index contributed by atoms with van der Waals surface area (Å²) in [5.74, 6) is 1.47. The highest BCUT2D eigenvalue weighted by atomic mass is 31.2. The second-order valence-electron chi connectivity index (χ2n) is 27.1. The summed E-state index contributed by atoms with van der Waals surface area (Å²) in [6.45, 7) is 55.6. The van der Waals surface area contributed by atoms with E-state index in [0.29, 0.717) is 13.2 Å². The highest BCUT2D eigenvalue weighted by molar-refractivity contribution is 7.42. The van der Waals surface area contributed by atoms with Gasteiger partial charge >= 0.3 is 16.8 Å². The Morgan fingerprint density at radius 2 is 0.636 bits per heavy atom. The molecule has 1 aliphatic rings. The van der Waals surface area contributed by atoms with Gasteiger partial charge < -0.3 is 26.5 Å². The number of hydrogen-bond donors (Lipinski definition) is 0. The Hall–Kier alpha value is -3.27. The smallest absolute Gasteiger partial charge is 0.426 e. The lowest BCUT2D eigenvalue weighted by molar-refractivity contribution is 0.350. The second-order valence-corrected chi connectivity index (χ2v) is 29.2. The van der Waals surface area contributed by atoms with Gasteiger partial charge in [0.1, 0.15) is 22.7 Å². The number of rotatable bonds is 5. The predicted octanol–water partition coefficient (Wildman–Crippen LogP) is 18.8. The van der Waals surface area contributed by atoms with Crippen molar-refractivity contribution in [1.82, 2.24) is 0 Å². The molecule has 2 heterocycles. The highest BCUT2D eigenvalue weighted by Crippen LogP contribution is 2.56. The van der Waals surface area contributed by atoms with Gasteiger partial charge in [0.25, 0.3) is 0 Å². The summed E-state index contributed by atoms with van der Waals surface area (Å²) in [6, 6.07) is 18.7. The average Bonchev–Trinajstić information content (AvgIpc) is 3.59. The summed E-state index contributed by atoms with van der Waals surface area (Å²) in [6.07, 6.45) is 0. The molecule has 1 saturated heterocycles. The van der Waals surface area contributed by atoms with Crippen LogP contribution in [0, 0.1) is 0 Å². The summed E-state index contributed by atoms with van der Waals surface area (Å²) in [4.78, 5) is 0. The molecule has 6 rings (SSSR count). The number of benzene rings is 4. The molecule has 0 radical (unpaired) electrons. The third-order valence-electron chi connectivity index (χ3n) is 12.8. The minimum absolute atomic E-state index is 0.118. The van der Waals surface area contributed by atoms with Crippen LogP contribution in [0.25, 0.3) is 33.1 Å². The first-order chi connectivity index (χ1) is 29.8. The van der Waals surface area contributed by atoms with E-state index in [1.807, 2.05) is 0 Å². The highest BCUT2D eigenvalue weighted by Gasteiger charge is 2.36. The van der Waals surface area contributed by atoms with Gasteiger partial charge in [-0.15, -0.1) is 0 Å². The van der Waals surface area contributed by atoms with Gasteiger partial charge in [0, 0.05) is 44.2 Å². The normalized spacial score (nSPS) is 15.3. The fraction of sp³-hybridized carbons (Fsp3) is 0.586. The Bertz CT molecular complexity index is 2560. The molecular weight excluding hydrogens is 855 g/mol. The molecule has 0 atom stereocenters. The van der Waals surface area contributed by atoms with Crippen LogP contribution < -0.4 is 9.05 Å². The van der Waals surface area contributed by atoms with Crippen molar-refractivity contribution in [1.29, 1.82) is 0 Å². The minimum Gasteiger partial charge on any atom is -0.426 e. The van der Waals surface area contributed by atoms with E-state index in [2.05, 4.69) is 215 Å². The van der Waals surface area contributed by atoms with Crippen molar-refractivity contribution in [2.75, 3.05) is 13.2 Å². The Labute approximate surface area is 401 Å². The Morgan fingerprint density at radius 1 is 0.348 bits per heavy atom. The first-order valence-corrected chi connectivity index (χ1v) is 26.3. The Balaban J connectivity index is 1.89. The van der Waals surface area contributed by atoms with Crippen LogP contribution >= 0.6 is 16.8 Å². The van der Waals surface area contributed by atoms with Crippen LogP contribution in [-0.2, 0) is 52.4 Å². The first kappa shape index (κ1) is 52.1. The molecule has 6 nitrogen and oxygen atoms in total. The third kappa shape index (κ3) is 11.1. The Morgan fingerprint density at radius 3 is 0.939 bits per heavy atom. The van der Waals surface area contributed by atoms with Gasteiger partial charge in [-0.2, -0.15) is 0 Å². The van der Waals surface area contributed by atoms with Gasteiger partial charge in [0.05, 0.1) is 13.2 Å². The van der Waals surface area contributed by atoms with Gasteiger partial charge in [-0.05, 0) is 89.8 Å². The summed E-state index contributed by atoms with van der Waals surface area (Å²) in [7, 11) is -3.74. The summed E-state index contributed by atoms with van der Waals surface area (Å²) >= 11 is 0. The van der Waals surface area contributed by atoms with Gasteiger partial charge in [-0.3, -0.25) is 0 Å². The standard InChI is InChI=1S/C58H84O6P2/c1-51(2,3)35-27-39(47(43(31-35)55(13,14)15)61-65-59-25-26-60-65)40-28-36(52(4,5)6)32-44(56(16,17)18)48(40)62-66-63-49-41(29-37(53(7,8)9)33-45(49)57(19,20)21)42-30-38(54(10,11)12)34-46(50(42)64-66)58(22,23)24/h27-34H,25-26H2,1-24H3. The third-order valence-corrected chi connectivity index (χ3v) is 14.9. The quantitative estimate of drug-likeness (QED) is 0.164. The van der Waals surface area contributed by atoms with E-state index in [4.69, 9.17) is 26.5 Å². The first-order valence-electron chi connectivity index (χ1n) is 24.1. The van der Waals surface area contributed by atoms with Crippen molar-refractivity contribution in [2.45, 2.75) is 209 Å². The zero-order valence-corrected chi connectivity index (χ0v) is 47.2. The van der Waals surface area contributed by atoms with Gasteiger partial charge in [-0.25, -0.2) is 0 Å². The van der Waals surface area contributed by atoms with Gasteiger partial charge in [0.2, 0.25) is 0 Å². The molecule has 0 amide bonds. The molecule has 362 valence electrons. The maximum Gasteiger partial charge on any atom is 0.453 e. The van der Waals surface area contributed by atoms with Crippen molar-refractivity contribution in [3.05, 3.63) is 93.0 Å². The lowest BCUT2D eigenvalue weighted by Gasteiger charge is -2.32. The van der Waals surface area contributed by atoms with E-state index >= 15 is 0 Å². The van der Waals surface area contributed by atoms with Crippen LogP contribution in [0.2, 0.25) is 0 Å². The zero-order valence-electron chi connectivity index (χ0n) is 45.4. The molecular formula is C58H84O6P2. The van der Waals surface area contributed by atoms with E-state index in [9.17, 15) is 0 Å². The number of fused-ring (bicyclic) bond motifs is 3. The summed E-state index contributed by atoms with van der Waals surface area (Å²) in [5.41, 5.74) is 11.0. The lowest BCUT2D eigenvalue weighted by Crippen LogP contribution is -2.19. The molecule has 4 aromatic carbocycles. The predicted molar refractivity (Wildman–Crippen MR) is 283 cm³/mol. The monoisotopic (exact) mass is 939 g/mol. The van der Waals surface area contributed by atoms with Gasteiger partial charge in [0.15, 0.2) is 0 Å². The zero-order chi connectivity index (χ0) is 49.7. The SMILES string of the molecule is CC(C)(C)c1cc(-c2cc(C(C)(C)C)cc(C(C)(C)C)c2Op2oc3c(C(C)(C)C)cc(C(C)(C)C)cc3c3cc(C(C)(C)C)cc(C(C)(C)C)c3o2)c(OP2OCCO2)c(C(C)(C)C)c1. The molecule has 0 saturated carbocycles. The van der Waals surface area contributed by atoms with E-state index in [1.165, 1.54) is 22.3 Å². The van der Waals surface area contributed by atoms with Crippen LogP contribution in [-0.4, -0.2) is 13.2 Å².